The molecule has 0 bridgehead atoms. The van der Waals surface area contributed by atoms with Crippen LogP contribution in [0.3, 0.4) is 0 Å². The average molecular weight is 460 g/mol. The lowest BCUT2D eigenvalue weighted by Gasteiger charge is -2.31. The molecule has 1 aromatic carbocycles. The number of amides is 2. The first-order valence-corrected chi connectivity index (χ1v) is 9.44. The number of pyridine rings is 1. The fraction of sp³-hybridized carbons (Fsp3) is 0.350. The Bertz CT molecular complexity index is 810. The van der Waals surface area contributed by atoms with Crippen LogP contribution in [-0.2, 0) is 16.0 Å². The molecular formula is C20H25Cl3N4O2. The number of rotatable bonds is 5. The highest BCUT2D eigenvalue weighted by Gasteiger charge is 2.27. The SMILES string of the molecule is Cl.Cl.Nc1ccccc1CCC(=O)N1CCC(C(=O)Nc2ccc(Cl)cn2)CC1. The molecule has 0 radical (unpaired) electrons. The molecule has 2 amide bonds. The summed E-state index contributed by atoms with van der Waals surface area (Å²) in [5.41, 5.74) is 7.64. The van der Waals surface area contributed by atoms with Gasteiger partial charge in [-0.2, -0.15) is 0 Å². The molecule has 29 heavy (non-hydrogen) atoms. The third-order valence-corrected chi connectivity index (χ3v) is 5.08. The Morgan fingerprint density at radius 1 is 1.14 bits per heavy atom. The van der Waals surface area contributed by atoms with Gasteiger partial charge < -0.3 is 16.0 Å². The number of halogens is 3. The second-order valence-corrected chi connectivity index (χ2v) is 7.14. The minimum atomic E-state index is -0.115. The fourth-order valence-electron chi connectivity index (χ4n) is 3.23. The van der Waals surface area contributed by atoms with Crippen molar-refractivity contribution in [2.45, 2.75) is 25.7 Å². The number of aromatic nitrogens is 1. The van der Waals surface area contributed by atoms with Crippen molar-refractivity contribution in [1.29, 1.82) is 0 Å². The van der Waals surface area contributed by atoms with Gasteiger partial charge in [-0.15, -0.1) is 24.8 Å². The van der Waals surface area contributed by atoms with Crippen molar-refractivity contribution >= 4 is 59.7 Å². The van der Waals surface area contributed by atoms with Gasteiger partial charge in [0.15, 0.2) is 0 Å². The minimum Gasteiger partial charge on any atom is -0.399 e. The van der Waals surface area contributed by atoms with Gasteiger partial charge in [0.25, 0.3) is 0 Å². The third kappa shape index (κ3) is 7.07. The maximum absolute atomic E-state index is 12.4. The van der Waals surface area contributed by atoms with Gasteiger partial charge in [0.05, 0.1) is 5.02 Å². The molecule has 0 spiro atoms. The van der Waals surface area contributed by atoms with Crippen LogP contribution in [0.4, 0.5) is 11.5 Å². The van der Waals surface area contributed by atoms with Crippen LogP contribution in [0.1, 0.15) is 24.8 Å². The van der Waals surface area contributed by atoms with Crippen molar-refractivity contribution in [3.63, 3.8) is 0 Å². The molecule has 0 atom stereocenters. The van der Waals surface area contributed by atoms with Crippen LogP contribution >= 0.6 is 36.4 Å². The largest absolute Gasteiger partial charge is 0.399 e. The van der Waals surface area contributed by atoms with Gasteiger partial charge >= 0.3 is 0 Å². The summed E-state index contributed by atoms with van der Waals surface area (Å²) in [6, 6.07) is 11.0. The minimum absolute atomic E-state index is 0. The number of para-hydroxylation sites is 1. The summed E-state index contributed by atoms with van der Waals surface area (Å²) in [5.74, 6) is 0.421. The van der Waals surface area contributed by atoms with Crippen molar-refractivity contribution in [2.24, 2.45) is 5.92 Å². The van der Waals surface area contributed by atoms with Crippen LogP contribution < -0.4 is 11.1 Å². The Kier molecular flexibility index (Phi) is 10.2. The van der Waals surface area contributed by atoms with Gasteiger partial charge in [0, 0.05) is 37.3 Å². The van der Waals surface area contributed by atoms with Crippen LogP contribution in [-0.4, -0.2) is 34.8 Å². The van der Waals surface area contributed by atoms with Crippen LogP contribution in [0.25, 0.3) is 0 Å². The lowest BCUT2D eigenvalue weighted by atomic mass is 9.95. The van der Waals surface area contributed by atoms with Crippen molar-refractivity contribution in [3.8, 4) is 0 Å². The molecule has 1 saturated heterocycles. The van der Waals surface area contributed by atoms with Crippen molar-refractivity contribution in [2.75, 3.05) is 24.1 Å². The highest BCUT2D eigenvalue weighted by Crippen LogP contribution is 2.21. The van der Waals surface area contributed by atoms with E-state index in [4.69, 9.17) is 17.3 Å². The summed E-state index contributed by atoms with van der Waals surface area (Å²) in [7, 11) is 0. The van der Waals surface area contributed by atoms with E-state index >= 15 is 0 Å². The van der Waals surface area contributed by atoms with E-state index < -0.39 is 0 Å². The molecule has 6 nitrogen and oxygen atoms in total. The van der Waals surface area contributed by atoms with Gasteiger partial charge in [-0.1, -0.05) is 29.8 Å². The number of nitrogens with zero attached hydrogens (tertiary/aromatic N) is 2. The first-order chi connectivity index (χ1) is 13.0. The predicted octanol–water partition coefficient (Wildman–Crippen LogP) is 3.97. The van der Waals surface area contributed by atoms with Crippen LogP contribution in [0.15, 0.2) is 42.6 Å². The standard InChI is InChI=1S/C20H23ClN4O2.2ClH/c21-16-6-7-18(23-13-16)24-20(27)15-9-11-25(12-10-15)19(26)8-5-14-3-1-2-4-17(14)22;;/h1-4,6-7,13,15H,5,8-12,22H2,(H,23,24,27);2*1H. The number of anilines is 2. The molecule has 3 N–H and O–H groups in total. The number of carbonyl (C=O) groups excluding carboxylic acids is 2. The van der Waals surface area contributed by atoms with E-state index in [-0.39, 0.29) is 42.5 Å². The molecule has 1 aliphatic heterocycles. The fourth-order valence-corrected chi connectivity index (χ4v) is 3.34. The molecule has 1 fully saturated rings. The first kappa shape index (κ1) is 25.0. The summed E-state index contributed by atoms with van der Waals surface area (Å²) in [6.07, 6.45) is 3.86. The van der Waals surface area contributed by atoms with E-state index in [1.807, 2.05) is 29.2 Å². The Labute approximate surface area is 188 Å². The highest BCUT2D eigenvalue weighted by atomic mass is 35.5. The zero-order valence-corrected chi connectivity index (χ0v) is 18.2. The molecular weight excluding hydrogens is 435 g/mol. The van der Waals surface area contributed by atoms with E-state index in [1.54, 1.807) is 12.1 Å². The summed E-state index contributed by atoms with van der Waals surface area (Å²) in [4.78, 5) is 30.7. The molecule has 2 aromatic rings. The van der Waals surface area contributed by atoms with Crippen LogP contribution in [0.5, 0.6) is 0 Å². The lowest BCUT2D eigenvalue weighted by molar-refractivity contribution is -0.134. The number of hydrogen-bond acceptors (Lipinski definition) is 4. The van der Waals surface area contributed by atoms with Crippen molar-refractivity contribution < 1.29 is 9.59 Å². The number of nitrogen functional groups attached to an aromatic ring is 1. The Morgan fingerprint density at radius 3 is 2.45 bits per heavy atom. The number of likely N-dealkylation sites (tertiary alicyclic amines) is 1. The summed E-state index contributed by atoms with van der Waals surface area (Å²) in [6.45, 7) is 1.18. The van der Waals surface area contributed by atoms with E-state index in [1.165, 1.54) is 6.20 Å². The van der Waals surface area contributed by atoms with Gasteiger partial charge in [0.1, 0.15) is 5.82 Å². The zero-order chi connectivity index (χ0) is 19.2. The van der Waals surface area contributed by atoms with Gasteiger partial charge in [0.2, 0.25) is 11.8 Å². The molecule has 0 aliphatic carbocycles. The maximum Gasteiger partial charge on any atom is 0.228 e. The van der Waals surface area contributed by atoms with Gasteiger partial charge in [-0.3, -0.25) is 9.59 Å². The number of carbonyl (C=O) groups is 2. The van der Waals surface area contributed by atoms with Crippen molar-refractivity contribution in [3.05, 3.63) is 53.2 Å². The Hall–Kier alpha value is -2.02. The van der Waals surface area contributed by atoms with Gasteiger partial charge in [-0.25, -0.2) is 4.98 Å². The lowest BCUT2D eigenvalue weighted by Crippen LogP contribution is -2.41. The number of piperidine rings is 1. The molecule has 0 unspecified atom stereocenters. The number of aryl methyl sites for hydroxylation is 1. The normalized spacial score (nSPS) is 13.8. The van der Waals surface area contributed by atoms with E-state index in [0.29, 0.717) is 49.6 Å². The predicted molar refractivity (Wildman–Crippen MR) is 121 cm³/mol. The van der Waals surface area contributed by atoms with Crippen LogP contribution in [0, 0.1) is 5.92 Å². The second kappa shape index (κ2) is 11.9. The molecule has 158 valence electrons. The maximum atomic E-state index is 12.4. The molecule has 9 heteroatoms. The Balaban J connectivity index is 0.00000210. The zero-order valence-electron chi connectivity index (χ0n) is 15.8. The third-order valence-electron chi connectivity index (χ3n) is 4.86. The highest BCUT2D eigenvalue weighted by molar-refractivity contribution is 6.30. The monoisotopic (exact) mass is 458 g/mol. The van der Waals surface area contributed by atoms with Crippen LogP contribution in [0.2, 0.25) is 5.02 Å². The number of benzene rings is 1. The number of hydrogen-bond donors (Lipinski definition) is 2. The quantitative estimate of drug-likeness (QED) is 0.662. The number of nitrogens with one attached hydrogen (secondary N) is 1. The molecule has 1 aliphatic rings. The van der Waals surface area contributed by atoms with Crippen molar-refractivity contribution in [1.82, 2.24) is 9.88 Å². The average Bonchev–Trinajstić information content (AvgIpc) is 2.69. The van der Waals surface area contributed by atoms with E-state index in [9.17, 15) is 9.59 Å². The molecule has 2 heterocycles. The smallest absolute Gasteiger partial charge is 0.228 e. The first-order valence-electron chi connectivity index (χ1n) is 9.06. The van der Waals surface area contributed by atoms with Gasteiger partial charge in [-0.05, 0) is 43.0 Å². The second-order valence-electron chi connectivity index (χ2n) is 6.70. The molecule has 0 saturated carbocycles. The molecule has 1 aromatic heterocycles. The van der Waals surface area contributed by atoms with E-state index in [2.05, 4.69) is 10.3 Å². The Morgan fingerprint density at radius 2 is 1.83 bits per heavy atom. The molecule has 3 rings (SSSR count). The summed E-state index contributed by atoms with van der Waals surface area (Å²) >= 11 is 5.80. The topological polar surface area (TPSA) is 88.3 Å². The summed E-state index contributed by atoms with van der Waals surface area (Å²) in [5, 5.41) is 3.33. The number of nitrogens with two attached hydrogens (primary N) is 1. The van der Waals surface area contributed by atoms with E-state index in [0.717, 1.165) is 11.3 Å². The summed E-state index contributed by atoms with van der Waals surface area (Å²) < 4.78 is 0.